The second-order valence-electron chi connectivity index (χ2n) is 5.65. The summed E-state index contributed by atoms with van der Waals surface area (Å²) in [5, 5.41) is 14.9. The van der Waals surface area contributed by atoms with E-state index in [1.165, 1.54) is 12.1 Å². The van der Waals surface area contributed by atoms with Crippen molar-refractivity contribution in [2.45, 2.75) is 25.8 Å². The van der Waals surface area contributed by atoms with Crippen LogP contribution in [0.5, 0.6) is 0 Å². The second kappa shape index (κ2) is 6.20. The Morgan fingerprint density at radius 1 is 1.43 bits per heavy atom. The van der Waals surface area contributed by atoms with Gasteiger partial charge in [0, 0.05) is 43.1 Å². The molecule has 1 aromatic carbocycles. The van der Waals surface area contributed by atoms with Crippen LogP contribution >= 0.6 is 0 Å². The van der Waals surface area contributed by atoms with Crippen molar-refractivity contribution in [1.29, 1.82) is 0 Å². The number of carbonyl (C=O) groups is 1. The largest absolute Gasteiger partial charge is 0.365 e. The number of non-ortho nitro benzene ring substituents is 1. The molecule has 2 aromatic rings. The minimum Gasteiger partial charge on any atom is -0.365 e. The van der Waals surface area contributed by atoms with Crippen LogP contribution in [0, 0.1) is 10.1 Å². The Morgan fingerprint density at radius 2 is 2.26 bits per heavy atom. The van der Waals surface area contributed by atoms with Crippen molar-refractivity contribution < 1.29 is 9.72 Å². The van der Waals surface area contributed by atoms with E-state index in [0.717, 1.165) is 24.2 Å². The number of aromatic nitrogens is 1. The highest BCUT2D eigenvalue weighted by molar-refractivity contribution is 5.82. The van der Waals surface area contributed by atoms with Crippen LogP contribution in [-0.2, 0) is 4.79 Å². The summed E-state index contributed by atoms with van der Waals surface area (Å²) in [6, 6.07) is 8.45. The summed E-state index contributed by atoms with van der Waals surface area (Å²) in [4.78, 5) is 28.4. The Morgan fingerprint density at radius 3 is 3.00 bits per heavy atom. The van der Waals surface area contributed by atoms with Gasteiger partial charge in [0.2, 0.25) is 5.91 Å². The first-order chi connectivity index (χ1) is 11.1. The second-order valence-corrected chi connectivity index (χ2v) is 5.65. The van der Waals surface area contributed by atoms with E-state index in [4.69, 9.17) is 0 Å². The number of nitro groups is 1. The number of nitrogens with zero attached hydrogens (tertiary/aromatic N) is 3. The third-order valence-electron chi connectivity index (χ3n) is 4.08. The van der Waals surface area contributed by atoms with Crippen LogP contribution in [0.15, 0.2) is 30.3 Å². The van der Waals surface area contributed by atoms with E-state index in [9.17, 15) is 14.9 Å². The van der Waals surface area contributed by atoms with Crippen molar-refractivity contribution in [3.8, 4) is 0 Å². The number of amides is 1. The molecule has 3 rings (SSSR count). The quantitative estimate of drug-likeness (QED) is 0.692. The lowest BCUT2D eigenvalue weighted by Gasteiger charge is -2.16. The van der Waals surface area contributed by atoms with Gasteiger partial charge in [-0.2, -0.15) is 0 Å². The van der Waals surface area contributed by atoms with Crippen molar-refractivity contribution in [3.05, 3.63) is 40.4 Å². The molecule has 120 valence electrons. The Balaban J connectivity index is 1.73. The average molecular weight is 314 g/mol. The van der Waals surface area contributed by atoms with Gasteiger partial charge in [0.05, 0.1) is 10.4 Å². The number of benzene rings is 1. The summed E-state index contributed by atoms with van der Waals surface area (Å²) in [5.41, 5.74) is 0.768. The van der Waals surface area contributed by atoms with Crippen LogP contribution < -0.4 is 5.32 Å². The van der Waals surface area contributed by atoms with Gasteiger partial charge in [0.1, 0.15) is 5.82 Å². The van der Waals surface area contributed by atoms with Gasteiger partial charge in [-0.05, 0) is 24.6 Å². The fraction of sp³-hybridized carbons (Fsp3) is 0.375. The summed E-state index contributed by atoms with van der Waals surface area (Å²) in [6.07, 6.45) is 1.42. The van der Waals surface area contributed by atoms with Gasteiger partial charge in [0.15, 0.2) is 0 Å². The molecule has 7 nitrogen and oxygen atoms in total. The Hall–Kier alpha value is -2.70. The van der Waals surface area contributed by atoms with Gasteiger partial charge in [-0.25, -0.2) is 4.98 Å². The maximum Gasteiger partial charge on any atom is 0.270 e. The molecule has 1 aliphatic rings. The van der Waals surface area contributed by atoms with E-state index in [1.807, 2.05) is 24.0 Å². The van der Waals surface area contributed by atoms with E-state index in [-0.39, 0.29) is 17.6 Å². The molecule has 1 atom stereocenters. The number of hydrogen-bond acceptors (Lipinski definition) is 5. The van der Waals surface area contributed by atoms with Gasteiger partial charge >= 0.3 is 0 Å². The maximum absolute atomic E-state index is 11.7. The van der Waals surface area contributed by atoms with Crippen molar-refractivity contribution >= 4 is 28.3 Å². The summed E-state index contributed by atoms with van der Waals surface area (Å²) < 4.78 is 0. The van der Waals surface area contributed by atoms with E-state index in [2.05, 4.69) is 10.3 Å². The molecule has 7 heteroatoms. The van der Waals surface area contributed by atoms with Crippen molar-refractivity contribution in [2.75, 3.05) is 18.4 Å². The lowest BCUT2D eigenvalue weighted by Crippen LogP contribution is -2.31. The average Bonchev–Trinajstić information content (AvgIpc) is 3.02. The highest BCUT2D eigenvalue weighted by Crippen LogP contribution is 2.22. The molecule has 23 heavy (non-hydrogen) atoms. The monoisotopic (exact) mass is 314 g/mol. The maximum atomic E-state index is 11.7. The first kappa shape index (κ1) is 15.2. The number of fused-ring (bicyclic) bond motifs is 1. The van der Waals surface area contributed by atoms with Gasteiger partial charge < -0.3 is 10.2 Å². The van der Waals surface area contributed by atoms with Crippen LogP contribution in [0.1, 0.15) is 19.8 Å². The molecule has 0 radical (unpaired) electrons. The molecule has 0 saturated carbocycles. The van der Waals surface area contributed by atoms with E-state index in [0.29, 0.717) is 18.5 Å². The molecule has 2 heterocycles. The zero-order valence-electron chi connectivity index (χ0n) is 12.9. The van der Waals surface area contributed by atoms with Gasteiger partial charge in [-0.15, -0.1) is 0 Å². The minimum absolute atomic E-state index is 0.0597. The standard InChI is InChI=1S/C16H18N4O3/c1-2-16(21)19-8-7-12(10-19)17-15-6-3-11-9-13(20(22)23)4-5-14(11)18-15/h3-6,9,12H,2,7-8,10H2,1H3,(H,17,18). The highest BCUT2D eigenvalue weighted by Gasteiger charge is 2.25. The SMILES string of the molecule is CCC(=O)N1CCC(Nc2ccc3cc([N+](=O)[O-])ccc3n2)C1. The van der Waals surface area contributed by atoms with Crippen LogP contribution in [-0.4, -0.2) is 39.8 Å². The molecule has 0 aliphatic carbocycles. The molecule has 1 fully saturated rings. The molecule has 1 aliphatic heterocycles. The molecule has 1 unspecified atom stereocenters. The summed E-state index contributed by atoms with van der Waals surface area (Å²) in [7, 11) is 0. The molecular formula is C16H18N4O3. The predicted octanol–water partition coefficient (Wildman–Crippen LogP) is 2.57. The van der Waals surface area contributed by atoms with Crippen molar-refractivity contribution in [2.24, 2.45) is 0 Å². The van der Waals surface area contributed by atoms with Crippen LogP contribution in [0.3, 0.4) is 0 Å². The van der Waals surface area contributed by atoms with Crippen molar-refractivity contribution in [1.82, 2.24) is 9.88 Å². The van der Waals surface area contributed by atoms with Crippen LogP contribution in [0.25, 0.3) is 10.9 Å². The Kier molecular flexibility index (Phi) is 4.10. The molecule has 1 amide bonds. The van der Waals surface area contributed by atoms with E-state index < -0.39 is 4.92 Å². The van der Waals surface area contributed by atoms with E-state index >= 15 is 0 Å². The molecular weight excluding hydrogens is 296 g/mol. The molecule has 0 bridgehead atoms. The Bertz CT molecular complexity index is 762. The third-order valence-corrected chi connectivity index (χ3v) is 4.08. The lowest BCUT2D eigenvalue weighted by atomic mass is 10.2. The topological polar surface area (TPSA) is 88.4 Å². The smallest absolute Gasteiger partial charge is 0.270 e. The number of carbonyl (C=O) groups excluding carboxylic acids is 1. The fourth-order valence-electron chi connectivity index (χ4n) is 2.84. The molecule has 0 spiro atoms. The first-order valence-electron chi connectivity index (χ1n) is 7.66. The van der Waals surface area contributed by atoms with Crippen LogP contribution in [0.4, 0.5) is 11.5 Å². The number of pyridine rings is 1. The summed E-state index contributed by atoms with van der Waals surface area (Å²) >= 11 is 0. The van der Waals surface area contributed by atoms with Crippen molar-refractivity contribution in [3.63, 3.8) is 0 Å². The zero-order chi connectivity index (χ0) is 16.4. The summed E-state index contributed by atoms with van der Waals surface area (Å²) in [5.74, 6) is 0.898. The number of rotatable bonds is 4. The summed E-state index contributed by atoms with van der Waals surface area (Å²) in [6.45, 7) is 3.32. The van der Waals surface area contributed by atoms with Gasteiger partial charge in [0.25, 0.3) is 5.69 Å². The number of nitro benzene ring substituents is 1. The van der Waals surface area contributed by atoms with Crippen LogP contribution in [0.2, 0.25) is 0 Å². The third kappa shape index (κ3) is 3.23. The van der Waals surface area contributed by atoms with Gasteiger partial charge in [-0.1, -0.05) is 6.92 Å². The number of hydrogen-bond donors (Lipinski definition) is 1. The predicted molar refractivity (Wildman–Crippen MR) is 87.3 cm³/mol. The normalized spacial score (nSPS) is 17.4. The molecule has 1 aromatic heterocycles. The lowest BCUT2D eigenvalue weighted by molar-refractivity contribution is -0.384. The van der Waals surface area contributed by atoms with E-state index in [1.54, 1.807) is 6.07 Å². The zero-order valence-corrected chi connectivity index (χ0v) is 12.9. The fourth-order valence-corrected chi connectivity index (χ4v) is 2.84. The number of anilines is 1. The van der Waals surface area contributed by atoms with Gasteiger partial charge in [-0.3, -0.25) is 14.9 Å². The molecule has 1 N–H and O–H groups in total. The molecule has 1 saturated heterocycles. The highest BCUT2D eigenvalue weighted by atomic mass is 16.6. The Labute approximate surface area is 133 Å². The number of likely N-dealkylation sites (tertiary alicyclic amines) is 1. The number of nitrogens with one attached hydrogen (secondary N) is 1. The minimum atomic E-state index is -0.413. The first-order valence-corrected chi connectivity index (χ1v) is 7.66.